The lowest BCUT2D eigenvalue weighted by Crippen LogP contribution is -2.05. The van der Waals surface area contributed by atoms with E-state index in [2.05, 4.69) is 15.9 Å². The normalized spacial score (nSPS) is 12.1. The second kappa shape index (κ2) is 6.45. The summed E-state index contributed by atoms with van der Waals surface area (Å²) in [5, 5.41) is 10.5. The number of benzene rings is 2. The van der Waals surface area contributed by atoms with E-state index >= 15 is 0 Å². The van der Waals surface area contributed by atoms with Crippen molar-refractivity contribution < 1.29 is 19.0 Å². The molecule has 0 aliphatic rings. The van der Waals surface area contributed by atoms with E-state index in [9.17, 15) is 9.50 Å². The van der Waals surface area contributed by atoms with E-state index in [-0.39, 0.29) is 5.56 Å². The van der Waals surface area contributed by atoms with Crippen molar-refractivity contribution in [1.29, 1.82) is 0 Å². The zero-order chi connectivity index (χ0) is 15.6. The maximum absolute atomic E-state index is 14.2. The number of halogens is 2. The van der Waals surface area contributed by atoms with Gasteiger partial charge in [0.15, 0.2) is 11.5 Å². The van der Waals surface area contributed by atoms with Crippen molar-refractivity contribution in [2.45, 2.75) is 13.0 Å². The third kappa shape index (κ3) is 3.04. The molecular formula is C16H16BrFO3. The number of aryl methyl sites for hydroxylation is 1. The van der Waals surface area contributed by atoms with Gasteiger partial charge in [-0.2, -0.15) is 0 Å². The first kappa shape index (κ1) is 15.8. The summed E-state index contributed by atoms with van der Waals surface area (Å²) in [5.41, 5.74) is 1.23. The highest BCUT2D eigenvalue weighted by atomic mass is 79.9. The van der Waals surface area contributed by atoms with Crippen molar-refractivity contribution in [3.8, 4) is 11.5 Å². The van der Waals surface area contributed by atoms with Gasteiger partial charge in [0, 0.05) is 15.6 Å². The van der Waals surface area contributed by atoms with Crippen LogP contribution in [0.5, 0.6) is 11.5 Å². The van der Waals surface area contributed by atoms with Gasteiger partial charge in [-0.15, -0.1) is 0 Å². The van der Waals surface area contributed by atoms with Gasteiger partial charge in [0.05, 0.1) is 14.2 Å². The van der Waals surface area contributed by atoms with Gasteiger partial charge in [-0.1, -0.05) is 34.1 Å². The summed E-state index contributed by atoms with van der Waals surface area (Å²) in [7, 11) is 3.04. The highest BCUT2D eigenvalue weighted by Gasteiger charge is 2.21. The average molecular weight is 355 g/mol. The van der Waals surface area contributed by atoms with E-state index in [0.717, 1.165) is 0 Å². The molecule has 3 nitrogen and oxygen atoms in total. The lowest BCUT2D eigenvalue weighted by molar-refractivity contribution is 0.213. The molecule has 0 amide bonds. The molecule has 0 saturated heterocycles. The Morgan fingerprint density at radius 3 is 2.33 bits per heavy atom. The maximum atomic E-state index is 14.2. The van der Waals surface area contributed by atoms with E-state index in [0.29, 0.717) is 27.1 Å². The molecule has 0 aromatic heterocycles. The molecule has 2 aromatic rings. The SMILES string of the molecule is COc1cc(Br)c(C(O)c2cccc(C)c2F)cc1OC. The zero-order valence-electron chi connectivity index (χ0n) is 12.0. The van der Waals surface area contributed by atoms with Crippen LogP contribution in [0.2, 0.25) is 0 Å². The summed E-state index contributed by atoms with van der Waals surface area (Å²) in [4.78, 5) is 0. The Morgan fingerprint density at radius 1 is 1.10 bits per heavy atom. The first-order chi connectivity index (χ1) is 9.99. The Hall–Kier alpha value is -1.59. The summed E-state index contributed by atoms with van der Waals surface area (Å²) in [6.45, 7) is 1.66. The van der Waals surface area contributed by atoms with Crippen LogP contribution in [-0.2, 0) is 0 Å². The second-order valence-electron chi connectivity index (χ2n) is 4.61. The molecule has 0 heterocycles. The second-order valence-corrected chi connectivity index (χ2v) is 5.46. The molecule has 0 saturated carbocycles. The zero-order valence-corrected chi connectivity index (χ0v) is 13.6. The van der Waals surface area contributed by atoms with E-state index < -0.39 is 11.9 Å². The van der Waals surface area contributed by atoms with Crippen molar-refractivity contribution in [3.63, 3.8) is 0 Å². The van der Waals surface area contributed by atoms with Gasteiger partial charge in [-0.05, 0) is 24.6 Å². The molecule has 1 unspecified atom stereocenters. The van der Waals surface area contributed by atoms with Crippen LogP contribution >= 0.6 is 15.9 Å². The number of rotatable bonds is 4. The molecule has 1 N–H and O–H groups in total. The van der Waals surface area contributed by atoms with Gasteiger partial charge in [0.2, 0.25) is 0 Å². The Balaban J connectivity index is 2.53. The van der Waals surface area contributed by atoms with Gasteiger partial charge in [0.25, 0.3) is 0 Å². The van der Waals surface area contributed by atoms with Gasteiger partial charge >= 0.3 is 0 Å². The van der Waals surface area contributed by atoms with Crippen molar-refractivity contribution in [3.05, 3.63) is 57.3 Å². The molecule has 5 heteroatoms. The summed E-state index contributed by atoms with van der Waals surface area (Å²) in [6, 6.07) is 8.26. The Bertz CT molecular complexity index is 658. The third-order valence-electron chi connectivity index (χ3n) is 3.31. The summed E-state index contributed by atoms with van der Waals surface area (Å²) in [6.07, 6.45) is -1.10. The summed E-state index contributed by atoms with van der Waals surface area (Å²) >= 11 is 3.37. The Morgan fingerprint density at radius 2 is 1.71 bits per heavy atom. The highest BCUT2D eigenvalue weighted by Crippen LogP contribution is 2.38. The van der Waals surface area contributed by atoms with Crippen LogP contribution in [0.15, 0.2) is 34.8 Å². The number of aliphatic hydroxyl groups is 1. The molecule has 2 aromatic carbocycles. The minimum absolute atomic E-state index is 0.225. The predicted molar refractivity (Wildman–Crippen MR) is 82.4 cm³/mol. The van der Waals surface area contributed by atoms with Crippen LogP contribution in [0.3, 0.4) is 0 Å². The fourth-order valence-electron chi connectivity index (χ4n) is 2.13. The van der Waals surface area contributed by atoms with Gasteiger partial charge in [0.1, 0.15) is 11.9 Å². The number of aliphatic hydroxyl groups excluding tert-OH is 1. The minimum atomic E-state index is -1.10. The topological polar surface area (TPSA) is 38.7 Å². The average Bonchev–Trinajstić information content (AvgIpc) is 2.49. The number of ether oxygens (including phenoxy) is 2. The predicted octanol–water partition coefficient (Wildman–Crippen LogP) is 4.00. The summed E-state index contributed by atoms with van der Waals surface area (Å²) < 4.78 is 25.2. The molecule has 0 bridgehead atoms. The first-order valence-electron chi connectivity index (χ1n) is 6.34. The van der Waals surface area contributed by atoms with E-state index in [1.165, 1.54) is 14.2 Å². The lowest BCUT2D eigenvalue weighted by atomic mass is 9.99. The van der Waals surface area contributed by atoms with Crippen LogP contribution in [-0.4, -0.2) is 19.3 Å². The summed E-state index contributed by atoms with van der Waals surface area (Å²) in [5.74, 6) is 0.597. The van der Waals surface area contributed by atoms with E-state index in [1.807, 2.05) is 0 Å². The fraction of sp³-hybridized carbons (Fsp3) is 0.250. The molecule has 2 rings (SSSR count). The fourth-order valence-corrected chi connectivity index (χ4v) is 2.67. The Kier molecular flexibility index (Phi) is 4.85. The lowest BCUT2D eigenvalue weighted by Gasteiger charge is -2.17. The number of methoxy groups -OCH3 is 2. The standard InChI is InChI=1S/C16H16BrFO3/c1-9-5-4-6-10(15(9)18)16(19)11-7-13(20-2)14(21-3)8-12(11)17/h4-8,16,19H,1-3H3. The third-order valence-corrected chi connectivity index (χ3v) is 4.00. The van der Waals surface area contributed by atoms with Crippen molar-refractivity contribution in [1.82, 2.24) is 0 Å². The molecule has 21 heavy (non-hydrogen) atoms. The first-order valence-corrected chi connectivity index (χ1v) is 7.13. The van der Waals surface area contributed by atoms with Crippen LogP contribution in [0, 0.1) is 12.7 Å². The molecular weight excluding hydrogens is 339 g/mol. The monoisotopic (exact) mass is 354 g/mol. The Labute approximate surface area is 131 Å². The van der Waals surface area contributed by atoms with E-state index in [4.69, 9.17) is 9.47 Å². The van der Waals surface area contributed by atoms with E-state index in [1.54, 1.807) is 37.3 Å². The molecule has 0 radical (unpaired) electrons. The molecule has 0 fully saturated rings. The molecule has 0 aliphatic heterocycles. The highest BCUT2D eigenvalue weighted by molar-refractivity contribution is 9.10. The molecule has 1 atom stereocenters. The molecule has 112 valence electrons. The maximum Gasteiger partial charge on any atom is 0.161 e. The smallest absolute Gasteiger partial charge is 0.161 e. The van der Waals surface area contributed by atoms with Gasteiger partial charge < -0.3 is 14.6 Å². The molecule has 0 spiro atoms. The van der Waals surface area contributed by atoms with Crippen LogP contribution in [0.1, 0.15) is 22.8 Å². The van der Waals surface area contributed by atoms with Crippen molar-refractivity contribution >= 4 is 15.9 Å². The van der Waals surface area contributed by atoms with Crippen molar-refractivity contribution in [2.24, 2.45) is 0 Å². The van der Waals surface area contributed by atoms with Crippen LogP contribution in [0.4, 0.5) is 4.39 Å². The van der Waals surface area contributed by atoms with Crippen molar-refractivity contribution in [2.75, 3.05) is 14.2 Å². The van der Waals surface area contributed by atoms with Gasteiger partial charge in [-0.3, -0.25) is 0 Å². The number of hydrogen-bond donors (Lipinski definition) is 1. The largest absolute Gasteiger partial charge is 0.493 e. The van der Waals surface area contributed by atoms with Crippen LogP contribution in [0.25, 0.3) is 0 Å². The van der Waals surface area contributed by atoms with Gasteiger partial charge in [-0.25, -0.2) is 4.39 Å². The van der Waals surface area contributed by atoms with Crippen LogP contribution < -0.4 is 9.47 Å². The molecule has 0 aliphatic carbocycles. The number of hydrogen-bond acceptors (Lipinski definition) is 3. The quantitative estimate of drug-likeness (QED) is 0.901. The minimum Gasteiger partial charge on any atom is -0.493 e.